The number of nitrogens with zero attached hydrogens (tertiary/aromatic N) is 2. The van der Waals surface area contributed by atoms with Crippen molar-refractivity contribution in [3.05, 3.63) is 35.6 Å². The first-order chi connectivity index (χ1) is 12.7. The predicted molar refractivity (Wildman–Crippen MR) is 120 cm³/mol. The van der Waals surface area contributed by atoms with Crippen LogP contribution in [-0.2, 0) is 16.1 Å². The Bertz CT molecular complexity index is 639. The van der Waals surface area contributed by atoms with E-state index in [4.69, 9.17) is 4.74 Å². The van der Waals surface area contributed by atoms with E-state index in [0.717, 1.165) is 38.0 Å². The van der Waals surface area contributed by atoms with Gasteiger partial charge >= 0.3 is 5.97 Å². The largest absolute Gasteiger partial charge is 0.459 e. The fourth-order valence-corrected chi connectivity index (χ4v) is 3.00. The first-order valence-electron chi connectivity index (χ1n) is 9.41. The number of benzene rings is 1. The number of aliphatic imine (C=N–C) groups is 1. The van der Waals surface area contributed by atoms with Crippen molar-refractivity contribution in [3.63, 3.8) is 0 Å². The summed E-state index contributed by atoms with van der Waals surface area (Å²) in [7, 11) is 1.69. The van der Waals surface area contributed by atoms with Gasteiger partial charge in [0, 0.05) is 32.7 Å². The molecule has 158 valence electrons. The van der Waals surface area contributed by atoms with Gasteiger partial charge in [0.05, 0.1) is 0 Å². The number of rotatable bonds is 5. The molecule has 1 aliphatic rings. The quantitative estimate of drug-likeness (QED) is 0.278. The molecule has 2 rings (SSSR count). The summed E-state index contributed by atoms with van der Waals surface area (Å²) in [5.41, 5.74) is 0.630. The smallest absolute Gasteiger partial charge is 0.325 e. The maximum absolute atomic E-state index is 13.0. The van der Waals surface area contributed by atoms with E-state index < -0.39 is 5.60 Å². The molecule has 0 saturated carbocycles. The van der Waals surface area contributed by atoms with E-state index in [0.29, 0.717) is 12.0 Å². The van der Waals surface area contributed by atoms with Crippen LogP contribution in [0.4, 0.5) is 4.39 Å². The molecule has 0 bridgehead atoms. The van der Waals surface area contributed by atoms with Gasteiger partial charge < -0.3 is 15.4 Å². The molecule has 1 aliphatic heterocycles. The third kappa shape index (κ3) is 9.18. The predicted octanol–water partition coefficient (Wildman–Crippen LogP) is 2.91. The van der Waals surface area contributed by atoms with Crippen molar-refractivity contribution in [2.24, 2.45) is 4.99 Å². The first-order valence-corrected chi connectivity index (χ1v) is 9.41. The lowest BCUT2D eigenvalue weighted by Gasteiger charge is -2.33. The fourth-order valence-electron chi connectivity index (χ4n) is 3.00. The van der Waals surface area contributed by atoms with Gasteiger partial charge in [-0.05, 0) is 51.3 Å². The molecule has 1 aromatic rings. The molecule has 0 atom stereocenters. The number of ether oxygens (including phenoxy) is 1. The third-order valence-corrected chi connectivity index (χ3v) is 4.29. The Morgan fingerprint density at radius 1 is 1.25 bits per heavy atom. The molecule has 0 radical (unpaired) electrons. The second-order valence-electron chi connectivity index (χ2n) is 7.83. The standard InChI is InChI=1S/C20H31FN4O2.HI/c1-20(2,3)27-18(26)13-23-19(22-4)24-17-9-11-25(12-10-17)14-15-5-7-16(21)8-6-15;/h5-8,17H,9-14H2,1-4H3,(H2,22,23,24);1H. The lowest BCUT2D eigenvalue weighted by Crippen LogP contribution is -2.49. The Morgan fingerprint density at radius 2 is 1.86 bits per heavy atom. The SMILES string of the molecule is CN=C(NCC(=O)OC(C)(C)C)NC1CCN(Cc2ccc(F)cc2)CC1.I. The highest BCUT2D eigenvalue weighted by atomic mass is 127. The van der Waals surface area contributed by atoms with Crippen molar-refractivity contribution in [1.82, 2.24) is 15.5 Å². The summed E-state index contributed by atoms with van der Waals surface area (Å²) >= 11 is 0. The number of piperidine rings is 1. The number of esters is 1. The molecule has 1 saturated heterocycles. The zero-order valence-electron chi connectivity index (χ0n) is 17.1. The van der Waals surface area contributed by atoms with E-state index in [1.165, 1.54) is 12.1 Å². The van der Waals surface area contributed by atoms with Crippen LogP contribution in [0.15, 0.2) is 29.3 Å². The minimum absolute atomic E-state index is 0. The Kier molecular flexibility index (Phi) is 10.2. The molecular weight excluding hydrogens is 474 g/mol. The van der Waals surface area contributed by atoms with Crippen molar-refractivity contribution in [1.29, 1.82) is 0 Å². The molecule has 0 amide bonds. The maximum atomic E-state index is 13.0. The molecule has 0 aliphatic carbocycles. The van der Waals surface area contributed by atoms with E-state index in [1.807, 2.05) is 32.9 Å². The van der Waals surface area contributed by atoms with Crippen LogP contribution in [0.2, 0.25) is 0 Å². The summed E-state index contributed by atoms with van der Waals surface area (Å²) in [6.45, 7) is 8.36. The van der Waals surface area contributed by atoms with Crippen molar-refractivity contribution >= 4 is 35.9 Å². The highest BCUT2D eigenvalue weighted by Gasteiger charge is 2.21. The van der Waals surface area contributed by atoms with Crippen LogP contribution in [0, 0.1) is 5.82 Å². The van der Waals surface area contributed by atoms with Crippen molar-refractivity contribution < 1.29 is 13.9 Å². The lowest BCUT2D eigenvalue weighted by molar-refractivity contribution is -0.153. The minimum atomic E-state index is -0.493. The molecule has 1 heterocycles. The molecule has 1 aromatic carbocycles. The molecule has 6 nitrogen and oxygen atoms in total. The van der Waals surface area contributed by atoms with Gasteiger partial charge in [0.15, 0.2) is 5.96 Å². The summed E-state index contributed by atoms with van der Waals surface area (Å²) < 4.78 is 18.3. The van der Waals surface area contributed by atoms with Crippen LogP contribution >= 0.6 is 24.0 Å². The number of halogens is 2. The molecule has 0 aromatic heterocycles. The molecule has 28 heavy (non-hydrogen) atoms. The topological polar surface area (TPSA) is 66.0 Å². The highest BCUT2D eigenvalue weighted by Crippen LogP contribution is 2.14. The van der Waals surface area contributed by atoms with E-state index in [2.05, 4.69) is 20.5 Å². The Labute approximate surface area is 184 Å². The Morgan fingerprint density at radius 3 is 2.39 bits per heavy atom. The van der Waals surface area contributed by atoms with Crippen molar-refractivity contribution in [2.75, 3.05) is 26.7 Å². The van der Waals surface area contributed by atoms with E-state index in [1.54, 1.807) is 7.05 Å². The maximum Gasteiger partial charge on any atom is 0.325 e. The van der Waals surface area contributed by atoms with Gasteiger partial charge in [-0.25, -0.2) is 4.39 Å². The van der Waals surface area contributed by atoms with E-state index in [9.17, 15) is 9.18 Å². The van der Waals surface area contributed by atoms with Gasteiger partial charge in [-0.1, -0.05) is 12.1 Å². The van der Waals surface area contributed by atoms with Gasteiger partial charge in [0.1, 0.15) is 18.0 Å². The molecule has 0 spiro atoms. The summed E-state index contributed by atoms with van der Waals surface area (Å²) in [6, 6.07) is 6.98. The second-order valence-corrected chi connectivity index (χ2v) is 7.83. The van der Waals surface area contributed by atoms with Gasteiger partial charge in [-0.3, -0.25) is 14.7 Å². The van der Waals surface area contributed by atoms with Crippen molar-refractivity contribution in [3.8, 4) is 0 Å². The van der Waals surface area contributed by atoms with Crippen molar-refractivity contribution in [2.45, 2.75) is 51.8 Å². The van der Waals surface area contributed by atoms with Crippen LogP contribution in [0.25, 0.3) is 0 Å². The average molecular weight is 506 g/mol. The summed E-state index contributed by atoms with van der Waals surface area (Å²) in [5.74, 6) is 0.101. The van der Waals surface area contributed by atoms with Gasteiger partial charge in [-0.2, -0.15) is 0 Å². The van der Waals surface area contributed by atoms with E-state index >= 15 is 0 Å². The van der Waals surface area contributed by atoms with Gasteiger partial charge in [-0.15, -0.1) is 24.0 Å². The fraction of sp³-hybridized carbons (Fsp3) is 0.600. The van der Waals surface area contributed by atoms with Crippen LogP contribution in [0.5, 0.6) is 0 Å². The van der Waals surface area contributed by atoms with Crippen LogP contribution in [0.1, 0.15) is 39.2 Å². The molecule has 0 unspecified atom stereocenters. The number of guanidine groups is 1. The lowest BCUT2D eigenvalue weighted by atomic mass is 10.0. The minimum Gasteiger partial charge on any atom is -0.459 e. The summed E-state index contributed by atoms with van der Waals surface area (Å²) in [5, 5.41) is 6.38. The first kappa shape index (κ1) is 24.6. The highest BCUT2D eigenvalue weighted by molar-refractivity contribution is 14.0. The number of carbonyl (C=O) groups excluding carboxylic acids is 1. The van der Waals surface area contributed by atoms with Gasteiger partial charge in [0.2, 0.25) is 0 Å². The Hall–Kier alpha value is -1.42. The second kappa shape index (κ2) is 11.5. The summed E-state index contributed by atoms with van der Waals surface area (Å²) in [4.78, 5) is 18.4. The Balaban J connectivity index is 0.00000392. The normalized spacial score (nSPS) is 16.2. The van der Waals surface area contributed by atoms with Crippen LogP contribution in [-0.4, -0.2) is 55.2 Å². The number of hydrogen-bond donors (Lipinski definition) is 2. The van der Waals surface area contributed by atoms with Gasteiger partial charge in [0.25, 0.3) is 0 Å². The number of hydrogen-bond acceptors (Lipinski definition) is 4. The monoisotopic (exact) mass is 506 g/mol. The average Bonchev–Trinajstić information content (AvgIpc) is 2.60. The molecule has 1 fully saturated rings. The van der Waals surface area contributed by atoms with Crippen LogP contribution in [0.3, 0.4) is 0 Å². The number of carbonyl (C=O) groups is 1. The molecule has 8 heteroatoms. The zero-order valence-corrected chi connectivity index (χ0v) is 19.5. The van der Waals surface area contributed by atoms with Crippen LogP contribution < -0.4 is 10.6 Å². The van der Waals surface area contributed by atoms with E-state index in [-0.39, 0.29) is 42.3 Å². The molecule has 2 N–H and O–H groups in total. The third-order valence-electron chi connectivity index (χ3n) is 4.29. The summed E-state index contributed by atoms with van der Waals surface area (Å²) in [6.07, 6.45) is 1.96. The zero-order chi connectivity index (χ0) is 19.9. The number of likely N-dealkylation sites (tertiary alicyclic amines) is 1. The molecular formula is C20H32FIN4O2. The number of nitrogens with one attached hydrogen (secondary N) is 2.